The minimum absolute atomic E-state index is 0.0506. The number of hydrogen-bond donors (Lipinski definition) is 1. The molecule has 0 unspecified atom stereocenters. The molecule has 0 spiro atoms. The second-order valence-electron chi connectivity index (χ2n) is 7.10. The minimum Gasteiger partial charge on any atom is -0.367 e. The van der Waals surface area contributed by atoms with Gasteiger partial charge < -0.3 is 10.2 Å². The van der Waals surface area contributed by atoms with E-state index < -0.39 is 4.92 Å². The van der Waals surface area contributed by atoms with Crippen LogP contribution in [-0.2, 0) is 0 Å². The van der Waals surface area contributed by atoms with Crippen LogP contribution < -0.4 is 10.2 Å². The summed E-state index contributed by atoms with van der Waals surface area (Å²) in [5.41, 5.74) is 1.30. The molecular weight excluding hydrogens is 375 g/mol. The third-order valence-corrected chi connectivity index (χ3v) is 5.25. The molecule has 3 rings (SSSR count). The monoisotopic (exact) mass is 400 g/mol. The number of carbonyl (C=O) groups excluding carboxylic acids is 1. The number of nitro benzene ring substituents is 1. The topological polar surface area (TPSA) is 78.7 Å². The molecule has 29 heavy (non-hydrogen) atoms. The Balaban J connectivity index is 1.42. The summed E-state index contributed by atoms with van der Waals surface area (Å²) in [5.74, 6) is -0.490. The lowest BCUT2D eigenvalue weighted by atomic mass is 10.1. The number of anilines is 1. The van der Waals surface area contributed by atoms with Gasteiger partial charge in [-0.15, -0.1) is 0 Å². The summed E-state index contributed by atoms with van der Waals surface area (Å²) in [6, 6.07) is 11.3. The maximum Gasteiger partial charge on any atom is 0.273 e. The predicted octanol–water partition coefficient (Wildman–Crippen LogP) is 2.98. The van der Waals surface area contributed by atoms with Crippen molar-refractivity contribution in [1.82, 2.24) is 10.2 Å². The van der Waals surface area contributed by atoms with E-state index in [0.29, 0.717) is 23.4 Å². The Hall–Kier alpha value is -3.00. The standard InChI is InChI=1S/C21H25FN4O3/c1-16-17(6-4-9-19(16)26(28)29)21(27)23-10-5-11-24-12-14-25(15-13-24)20-8-3-2-7-18(20)22/h2-4,6-9H,5,10-15H2,1H3,(H,23,27). The lowest BCUT2D eigenvalue weighted by molar-refractivity contribution is -0.385. The number of nitro groups is 1. The van der Waals surface area contributed by atoms with Crippen molar-refractivity contribution in [3.8, 4) is 0 Å². The molecule has 0 radical (unpaired) electrons. The van der Waals surface area contributed by atoms with Crippen LogP contribution in [0.4, 0.5) is 15.8 Å². The van der Waals surface area contributed by atoms with E-state index >= 15 is 0 Å². The van der Waals surface area contributed by atoms with E-state index in [-0.39, 0.29) is 17.4 Å². The van der Waals surface area contributed by atoms with Crippen LogP contribution in [0.15, 0.2) is 42.5 Å². The fourth-order valence-corrected chi connectivity index (χ4v) is 3.59. The Morgan fingerprint density at radius 2 is 1.86 bits per heavy atom. The first-order valence-electron chi connectivity index (χ1n) is 9.71. The highest BCUT2D eigenvalue weighted by Crippen LogP contribution is 2.21. The van der Waals surface area contributed by atoms with Crippen molar-refractivity contribution in [1.29, 1.82) is 0 Å². The SMILES string of the molecule is Cc1c(C(=O)NCCCN2CCN(c3ccccc3F)CC2)cccc1[N+](=O)[O-]. The molecule has 2 aromatic rings. The first-order chi connectivity index (χ1) is 14.0. The van der Waals surface area contributed by atoms with Gasteiger partial charge in [0, 0.05) is 49.9 Å². The molecule has 1 N–H and O–H groups in total. The second kappa shape index (κ2) is 9.47. The van der Waals surface area contributed by atoms with Crippen molar-refractivity contribution < 1.29 is 14.1 Å². The highest BCUT2D eigenvalue weighted by molar-refractivity contribution is 5.96. The van der Waals surface area contributed by atoms with E-state index in [2.05, 4.69) is 15.1 Å². The van der Waals surface area contributed by atoms with Crippen LogP contribution in [0, 0.1) is 22.9 Å². The molecule has 1 heterocycles. The van der Waals surface area contributed by atoms with E-state index in [1.807, 2.05) is 6.07 Å². The fourth-order valence-electron chi connectivity index (χ4n) is 3.59. The summed E-state index contributed by atoms with van der Waals surface area (Å²) < 4.78 is 13.9. The van der Waals surface area contributed by atoms with E-state index in [1.54, 1.807) is 25.1 Å². The summed E-state index contributed by atoms with van der Waals surface area (Å²) in [5, 5.41) is 13.8. The molecule has 1 saturated heterocycles. The van der Waals surface area contributed by atoms with Crippen molar-refractivity contribution in [3.63, 3.8) is 0 Å². The largest absolute Gasteiger partial charge is 0.367 e. The number of nitrogens with zero attached hydrogens (tertiary/aromatic N) is 3. The molecular formula is C21H25FN4O3. The molecule has 0 bridgehead atoms. The number of hydrogen-bond acceptors (Lipinski definition) is 5. The average Bonchev–Trinajstić information content (AvgIpc) is 2.72. The van der Waals surface area contributed by atoms with Gasteiger partial charge in [-0.2, -0.15) is 0 Å². The summed E-state index contributed by atoms with van der Waals surface area (Å²) >= 11 is 0. The molecule has 8 heteroatoms. The van der Waals surface area contributed by atoms with Crippen LogP contribution in [0.5, 0.6) is 0 Å². The summed E-state index contributed by atoms with van der Waals surface area (Å²) in [4.78, 5) is 27.2. The molecule has 1 aliphatic rings. The Morgan fingerprint density at radius 1 is 1.14 bits per heavy atom. The van der Waals surface area contributed by atoms with Gasteiger partial charge in [-0.1, -0.05) is 18.2 Å². The normalized spacial score (nSPS) is 14.6. The number of halogens is 1. The number of para-hydroxylation sites is 1. The molecule has 1 amide bonds. The maximum atomic E-state index is 13.9. The highest BCUT2D eigenvalue weighted by Gasteiger charge is 2.20. The molecule has 7 nitrogen and oxygen atoms in total. The first-order valence-corrected chi connectivity index (χ1v) is 9.71. The van der Waals surface area contributed by atoms with Crippen LogP contribution in [0.1, 0.15) is 22.3 Å². The Bertz CT molecular complexity index is 882. The van der Waals surface area contributed by atoms with Gasteiger partial charge in [0.1, 0.15) is 5.82 Å². The quantitative estimate of drug-likeness (QED) is 0.439. The molecule has 0 atom stereocenters. The fraction of sp³-hybridized carbons (Fsp3) is 0.381. The van der Waals surface area contributed by atoms with Gasteiger partial charge in [0.15, 0.2) is 0 Å². The van der Waals surface area contributed by atoms with Crippen LogP contribution >= 0.6 is 0 Å². The van der Waals surface area contributed by atoms with E-state index in [1.165, 1.54) is 18.2 Å². The maximum absolute atomic E-state index is 13.9. The zero-order chi connectivity index (χ0) is 20.8. The van der Waals surface area contributed by atoms with Gasteiger partial charge in [0.2, 0.25) is 0 Å². The lowest BCUT2D eigenvalue weighted by Gasteiger charge is -2.36. The van der Waals surface area contributed by atoms with Gasteiger partial charge in [-0.05, 0) is 38.1 Å². The van der Waals surface area contributed by atoms with E-state index in [4.69, 9.17) is 0 Å². The molecule has 154 valence electrons. The van der Waals surface area contributed by atoms with E-state index in [9.17, 15) is 19.3 Å². The smallest absolute Gasteiger partial charge is 0.273 e. The molecule has 0 saturated carbocycles. The Labute approximate surface area is 169 Å². The van der Waals surface area contributed by atoms with Crippen LogP contribution in [0.2, 0.25) is 0 Å². The number of carbonyl (C=O) groups is 1. The molecule has 1 aliphatic heterocycles. The molecule has 2 aromatic carbocycles. The number of amides is 1. The highest BCUT2D eigenvalue weighted by atomic mass is 19.1. The van der Waals surface area contributed by atoms with Gasteiger partial charge in [-0.25, -0.2) is 4.39 Å². The van der Waals surface area contributed by atoms with Crippen LogP contribution in [0.3, 0.4) is 0 Å². The third kappa shape index (κ3) is 5.08. The summed E-state index contributed by atoms with van der Waals surface area (Å²) in [7, 11) is 0. The van der Waals surface area contributed by atoms with Crippen LogP contribution in [0.25, 0.3) is 0 Å². The molecule has 1 fully saturated rings. The molecule has 0 aromatic heterocycles. The van der Waals surface area contributed by atoms with Gasteiger partial charge in [0.25, 0.3) is 11.6 Å². The van der Waals surface area contributed by atoms with Gasteiger partial charge in [-0.3, -0.25) is 19.8 Å². The van der Waals surface area contributed by atoms with Crippen molar-refractivity contribution in [3.05, 3.63) is 69.5 Å². The van der Waals surface area contributed by atoms with Crippen molar-refractivity contribution >= 4 is 17.3 Å². The third-order valence-electron chi connectivity index (χ3n) is 5.25. The van der Waals surface area contributed by atoms with Gasteiger partial charge >= 0.3 is 0 Å². The Kier molecular flexibility index (Phi) is 6.77. The Morgan fingerprint density at radius 3 is 2.55 bits per heavy atom. The number of rotatable bonds is 7. The summed E-state index contributed by atoms with van der Waals surface area (Å²) in [6.07, 6.45) is 0.777. The minimum atomic E-state index is -0.479. The van der Waals surface area contributed by atoms with Crippen molar-refractivity contribution in [2.24, 2.45) is 0 Å². The van der Waals surface area contributed by atoms with E-state index in [0.717, 1.165) is 39.1 Å². The van der Waals surface area contributed by atoms with Gasteiger partial charge in [0.05, 0.1) is 10.6 Å². The number of nitrogens with one attached hydrogen (secondary N) is 1. The molecule has 0 aliphatic carbocycles. The number of piperazine rings is 1. The average molecular weight is 400 g/mol. The zero-order valence-electron chi connectivity index (χ0n) is 16.4. The van der Waals surface area contributed by atoms with Crippen molar-refractivity contribution in [2.45, 2.75) is 13.3 Å². The predicted molar refractivity (Wildman–Crippen MR) is 110 cm³/mol. The summed E-state index contributed by atoms with van der Waals surface area (Å²) in [6.45, 7) is 6.12. The van der Waals surface area contributed by atoms with Crippen molar-refractivity contribution in [2.75, 3.05) is 44.2 Å². The first kappa shape index (κ1) is 20.7. The van der Waals surface area contributed by atoms with Crippen LogP contribution in [-0.4, -0.2) is 55.0 Å². The second-order valence-corrected chi connectivity index (χ2v) is 7.10. The zero-order valence-corrected chi connectivity index (χ0v) is 16.4. The lowest BCUT2D eigenvalue weighted by Crippen LogP contribution is -2.47. The number of benzene rings is 2.